The van der Waals surface area contributed by atoms with Crippen molar-refractivity contribution < 1.29 is 14.0 Å². The Labute approximate surface area is 207 Å². The summed E-state index contributed by atoms with van der Waals surface area (Å²) in [4.78, 5) is 0. The second kappa shape index (κ2) is 8.26. The first-order chi connectivity index (χ1) is 16.2. The molecule has 1 saturated heterocycles. The van der Waals surface area contributed by atoms with Crippen LogP contribution in [-0.2, 0) is 27.1 Å². The van der Waals surface area contributed by atoms with Crippen molar-refractivity contribution in [2.75, 3.05) is 13.2 Å². The van der Waals surface area contributed by atoms with E-state index in [9.17, 15) is 4.55 Å². The van der Waals surface area contributed by atoms with E-state index in [0.29, 0.717) is 18.6 Å². The van der Waals surface area contributed by atoms with Crippen LogP contribution >= 0.6 is 0 Å². The molecular formula is C29H37NO3S. The smallest absolute Gasteiger partial charge is 0.136 e. The van der Waals surface area contributed by atoms with Crippen LogP contribution in [0.1, 0.15) is 70.4 Å². The van der Waals surface area contributed by atoms with Gasteiger partial charge in [-0.2, -0.15) is 0 Å². The Hall–Kier alpha value is -1.53. The first-order valence-corrected chi connectivity index (χ1v) is 14.0. The number of ether oxygens (including phenoxy) is 2. The van der Waals surface area contributed by atoms with Crippen LogP contribution in [0.5, 0.6) is 11.5 Å². The van der Waals surface area contributed by atoms with Gasteiger partial charge >= 0.3 is 0 Å². The molecule has 182 valence electrons. The quantitative estimate of drug-likeness (QED) is 0.500. The Morgan fingerprint density at radius 1 is 0.824 bits per heavy atom. The highest BCUT2D eigenvalue weighted by Gasteiger charge is 2.51. The predicted molar refractivity (Wildman–Crippen MR) is 136 cm³/mol. The van der Waals surface area contributed by atoms with Gasteiger partial charge in [0.05, 0.1) is 13.2 Å². The zero-order valence-corrected chi connectivity index (χ0v) is 21.5. The van der Waals surface area contributed by atoms with Crippen molar-refractivity contribution in [3.05, 3.63) is 59.7 Å². The molecule has 5 fully saturated rings. The summed E-state index contributed by atoms with van der Waals surface area (Å²) >= 11 is -1.16. The van der Waals surface area contributed by atoms with Crippen LogP contribution < -0.4 is 9.46 Å². The second-order valence-corrected chi connectivity index (χ2v) is 14.4. The molecule has 4 aliphatic carbocycles. The largest absolute Gasteiger partial charge is 0.598 e. The molecule has 0 amide bonds. The summed E-state index contributed by atoms with van der Waals surface area (Å²) in [7, 11) is 0. The van der Waals surface area contributed by atoms with Crippen molar-refractivity contribution in [3.63, 3.8) is 0 Å². The number of benzene rings is 2. The molecule has 5 heteroatoms. The standard InChI is InChI=1S/C29H37NO3S/c1-27(2,3)34(31)30-29(18-32-19-29)24-6-10-26(11-7-24)33-25-8-4-23(5-9-25)28-15-20-12-21(16-28)14-22(13-20)17-28/h4-11,20-22,30H,12-19H2,1-3H3. The number of hydrogen-bond donors (Lipinski definition) is 1. The molecule has 7 rings (SSSR count). The molecule has 1 N–H and O–H groups in total. The third-order valence-electron chi connectivity index (χ3n) is 8.69. The van der Waals surface area contributed by atoms with E-state index in [2.05, 4.69) is 41.1 Å². The lowest BCUT2D eigenvalue weighted by Gasteiger charge is -2.57. The maximum Gasteiger partial charge on any atom is 0.136 e. The van der Waals surface area contributed by atoms with Gasteiger partial charge in [0.2, 0.25) is 0 Å². The van der Waals surface area contributed by atoms with Gasteiger partial charge in [0.15, 0.2) is 0 Å². The summed E-state index contributed by atoms with van der Waals surface area (Å²) in [5.74, 6) is 4.58. The monoisotopic (exact) mass is 479 g/mol. The summed E-state index contributed by atoms with van der Waals surface area (Å²) in [5.41, 5.74) is 2.64. The zero-order chi connectivity index (χ0) is 23.6. The van der Waals surface area contributed by atoms with Gasteiger partial charge in [-0.05, 0) is 118 Å². The molecule has 4 nitrogen and oxygen atoms in total. The molecule has 1 atom stereocenters. The van der Waals surface area contributed by atoms with Gasteiger partial charge in [-0.15, -0.1) is 4.72 Å². The maximum absolute atomic E-state index is 12.7. The van der Waals surface area contributed by atoms with Gasteiger partial charge < -0.3 is 14.0 Å². The van der Waals surface area contributed by atoms with Gasteiger partial charge in [0.1, 0.15) is 21.8 Å². The van der Waals surface area contributed by atoms with E-state index in [1.165, 1.54) is 44.1 Å². The topological polar surface area (TPSA) is 53.5 Å². The average molecular weight is 480 g/mol. The van der Waals surface area contributed by atoms with E-state index < -0.39 is 16.9 Å². The SMILES string of the molecule is CC(C)(C)[S+]([O-])NC1(c2ccc(Oc3ccc(C45CC6CC(CC(C6)C4)C5)cc3)cc2)COC1. The molecule has 1 aliphatic heterocycles. The summed E-state index contributed by atoms with van der Waals surface area (Å²) in [6, 6.07) is 17.1. The van der Waals surface area contributed by atoms with E-state index >= 15 is 0 Å². The minimum atomic E-state index is -1.16. The van der Waals surface area contributed by atoms with Crippen molar-refractivity contribution >= 4 is 11.4 Å². The number of nitrogens with one attached hydrogen (secondary N) is 1. The fraction of sp³-hybridized carbons (Fsp3) is 0.586. The molecular weight excluding hydrogens is 442 g/mol. The van der Waals surface area contributed by atoms with Gasteiger partial charge in [-0.1, -0.05) is 24.3 Å². The Morgan fingerprint density at radius 3 is 1.71 bits per heavy atom. The maximum atomic E-state index is 12.7. The fourth-order valence-corrected chi connectivity index (χ4v) is 8.14. The first kappa shape index (κ1) is 22.9. The second-order valence-electron chi connectivity index (χ2n) is 12.4. The minimum Gasteiger partial charge on any atom is -0.598 e. The van der Waals surface area contributed by atoms with Gasteiger partial charge in [0, 0.05) is 11.4 Å². The molecule has 1 heterocycles. The fourth-order valence-electron chi connectivity index (χ4n) is 7.24. The molecule has 4 saturated carbocycles. The van der Waals surface area contributed by atoms with Crippen LogP contribution in [0.25, 0.3) is 0 Å². The van der Waals surface area contributed by atoms with Crippen LogP contribution in [0.2, 0.25) is 0 Å². The molecule has 5 aliphatic rings. The van der Waals surface area contributed by atoms with Crippen LogP contribution in [0.3, 0.4) is 0 Å². The minimum absolute atomic E-state index is 0.325. The Kier molecular flexibility index (Phi) is 5.57. The Morgan fingerprint density at radius 2 is 1.29 bits per heavy atom. The average Bonchev–Trinajstić information content (AvgIpc) is 2.76. The molecule has 0 aromatic heterocycles. The summed E-state index contributed by atoms with van der Waals surface area (Å²) in [6.07, 6.45) is 8.60. The molecule has 34 heavy (non-hydrogen) atoms. The van der Waals surface area contributed by atoms with Crippen molar-refractivity contribution in [1.29, 1.82) is 0 Å². The molecule has 1 unspecified atom stereocenters. The van der Waals surface area contributed by atoms with Crippen LogP contribution in [0.15, 0.2) is 48.5 Å². The molecule has 4 bridgehead atoms. The lowest BCUT2D eigenvalue weighted by molar-refractivity contribution is -0.0666. The van der Waals surface area contributed by atoms with E-state index in [0.717, 1.165) is 34.8 Å². The molecule has 0 spiro atoms. The third-order valence-corrected chi connectivity index (χ3v) is 10.4. The first-order valence-electron chi connectivity index (χ1n) is 12.9. The molecule has 0 radical (unpaired) electrons. The van der Waals surface area contributed by atoms with Gasteiger partial charge in [0.25, 0.3) is 0 Å². The van der Waals surface area contributed by atoms with Gasteiger partial charge in [-0.25, -0.2) is 0 Å². The van der Waals surface area contributed by atoms with E-state index in [1.54, 1.807) is 0 Å². The third kappa shape index (κ3) is 4.09. The lowest BCUT2D eigenvalue weighted by atomic mass is 9.48. The Balaban J connectivity index is 1.14. The van der Waals surface area contributed by atoms with Gasteiger partial charge in [-0.3, -0.25) is 0 Å². The van der Waals surface area contributed by atoms with Crippen molar-refractivity contribution in [2.24, 2.45) is 17.8 Å². The summed E-state index contributed by atoms with van der Waals surface area (Å²) in [6.45, 7) is 7.00. The van der Waals surface area contributed by atoms with Crippen LogP contribution in [-0.4, -0.2) is 22.5 Å². The lowest BCUT2D eigenvalue weighted by Crippen LogP contribution is -2.61. The zero-order valence-electron chi connectivity index (χ0n) is 20.6. The van der Waals surface area contributed by atoms with Crippen LogP contribution in [0, 0.1) is 17.8 Å². The van der Waals surface area contributed by atoms with E-state index in [1.807, 2.05) is 32.9 Å². The van der Waals surface area contributed by atoms with Crippen molar-refractivity contribution in [2.45, 2.75) is 75.0 Å². The van der Waals surface area contributed by atoms with E-state index in [-0.39, 0.29) is 4.75 Å². The molecule has 2 aromatic rings. The Bertz CT molecular complexity index is 988. The number of rotatable bonds is 6. The number of hydrogen-bond acceptors (Lipinski definition) is 4. The van der Waals surface area contributed by atoms with E-state index in [4.69, 9.17) is 9.47 Å². The predicted octanol–water partition coefficient (Wildman–Crippen LogP) is 6.22. The summed E-state index contributed by atoms with van der Waals surface area (Å²) < 4.78 is 27.4. The van der Waals surface area contributed by atoms with Crippen LogP contribution in [0.4, 0.5) is 0 Å². The van der Waals surface area contributed by atoms with Crippen molar-refractivity contribution in [3.8, 4) is 11.5 Å². The highest BCUT2D eigenvalue weighted by Crippen LogP contribution is 2.60. The molecule has 2 aromatic carbocycles. The van der Waals surface area contributed by atoms with Crippen molar-refractivity contribution in [1.82, 2.24) is 4.72 Å². The normalized spacial score (nSPS) is 32.3. The summed E-state index contributed by atoms with van der Waals surface area (Å²) in [5, 5.41) is 0. The highest BCUT2D eigenvalue weighted by atomic mass is 32.2. The highest BCUT2D eigenvalue weighted by molar-refractivity contribution is 7.90.